The average molecular weight is 560 g/mol. The van der Waals surface area contributed by atoms with Gasteiger partial charge in [0.15, 0.2) is 0 Å². The van der Waals surface area contributed by atoms with Crippen molar-refractivity contribution < 1.29 is 19.1 Å². The lowest BCUT2D eigenvalue weighted by Crippen LogP contribution is -2.54. The maximum Gasteiger partial charge on any atom is 0.335 e. The standard InChI is InChI=1S/C25H17BrCl2N2O4/c1-14-5-7-18(28)12-21(14)30-24(32)19(23(31)29-25(30)33)10-15-6-8-22(20(26)11-15)34-13-16-3-2-4-17(27)9-16/h2-12H,13H2,1H3,(H,29,31,33)/b19-10+. The third-order valence-electron chi connectivity index (χ3n) is 5.06. The van der Waals surface area contributed by atoms with Crippen LogP contribution >= 0.6 is 39.1 Å². The fourth-order valence-corrected chi connectivity index (χ4v) is 4.27. The number of amides is 4. The molecule has 0 aliphatic carbocycles. The highest BCUT2D eigenvalue weighted by Gasteiger charge is 2.37. The Labute approximate surface area is 214 Å². The maximum absolute atomic E-state index is 13.1. The van der Waals surface area contributed by atoms with E-state index in [1.165, 1.54) is 12.1 Å². The van der Waals surface area contributed by atoms with Crippen LogP contribution in [0.25, 0.3) is 6.08 Å². The number of hydrogen-bond acceptors (Lipinski definition) is 4. The molecule has 0 radical (unpaired) electrons. The first kappa shape index (κ1) is 24.0. The molecule has 0 spiro atoms. The van der Waals surface area contributed by atoms with E-state index in [9.17, 15) is 14.4 Å². The van der Waals surface area contributed by atoms with Gasteiger partial charge in [0.1, 0.15) is 17.9 Å². The summed E-state index contributed by atoms with van der Waals surface area (Å²) in [6, 6.07) is 16.5. The van der Waals surface area contributed by atoms with Crippen LogP contribution in [0, 0.1) is 6.92 Å². The highest BCUT2D eigenvalue weighted by atomic mass is 79.9. The Morgan fingerprint density at radius 1 is 1.00 bits per heavy atom. The molecule has 3 aromatic carbocycles. The fraction of sp³-hybridized carbons (Fsp3) is 0.0800. The Balaban J connectivity index is 1.59. The van der Waals surface area contributed by atoms with Gasteiger partial charge >= 0.3 is 6.03 Å². The molecule has 1 aliphatic heterocycles. The van der Waals surface area contributed by atoms with E-state index in [4.69, 9.17) is 27.9 Å². The van der Waals surface area contributed by atoms with Crippen molar-refractivity contribution in [3.8, 4) is 5.75 Å². The number of halogens is 3. The van der Waals surface area contributed by atoms with E-state index in [0.717, 1.165) is 10.5 Å². The second-order valence-electron chi connectivity index (χ2n) is 7.50. The maximum atomic E-state index is 13.1. The number of rotatable bonds is 5. The number of imide groups is 2. The number of nitrogens with one attached hydrogen (secondary N) is 1. The Morgan fingerprint density at radius 3 is 2.50 bits per heavy atom. The van der Waals surface area contributed by atoms with Gasteiger partial charge in [-0.05, 0) is 82.0 Å². The van der Waals surface area contributed by atoms with Crippen molar-refractivity contribution in [1.29, 1.82) is 0 Å². The van der Waals surface area contributed by atoms with E-state index in [2.05, 4.69) is 21.2 Å². The molecule has 4 amide bonds. The molecule has 1 heterocycles. The number of hydrogen-bond donors (Lipinski definition) is 1. The summed E-state index contributed by atoms with van der Waals surface area (Å²) in [5.74, 6) is -0.937. The Kier molecular flexibility index (Phi) is 7.07. The van der Waals surface area contributed by atoms with Gasteiger partial charge in [-0.25, -0.2) is 9.69 Å². The summed E-state index contributed by atoms with van der Waals surface area (Å²) >= 11 is 15.5. The van der Waals surface area contributed by atoms with Crippen LogP contribution in [0.5, 0.6) is 5.75 Å². The number of ether oxygens (including phenoxy) is 1. The zero-order valence-electron chi connectivity index (χ0n) is 17.8. The fourth-order valence-electron chi connectivity index (χ4n) is 3.38. The van der Waals surface area contributed by atoms with Gasteiger partial charge in [0.2, 0.25) is 0 Å². The Hall–Kier alpha value is -3.13. The number of nitrogens with zero attached hydrogens (tertiary/aromatic N) is 1. The molecule has 4 rings (SSSR count). The van der Waals surface area contributed by atoms with Crippen LogP contribution in [0.2, 0.25) is 10.0 Å². The summed E-state index contributed by atoms with van der Waals surface area (Å²) in [7, 11) is 0. The number of anilines is 1. The van der Waals surface area contributed by atoms with E-state index in [1.54, 1.807) is 43.3 Å². The molecule has 0 saturated carbocycles. The molecule has 172 valence electrons. The smallest absolute Gasteiger partial charge is 0.335 e. The molecular weight excluding hydrogens is 543 g/mol. The lowest BCUT2D eigenvalue weighted by atomic mass is 10.1. The van der Waals surface area contributed by atoms with Crippen molar-refractivity contribution >= 4 is 68.7 Å². The minimum Gasteiger partial charge on any atom is -0.488 e. The minimum absolute atomic E-state index is 0.182. The number of barbiturate groups is 1. The highest BCUT2D eigenvalue weighted by molar-refractivity contribution is 9.10. The molecule has 1 fully saturated rings. The van der Waals surface area contributed by atoms with Crippen LogP contribution in [0.1, 0.15) is 16.7 Å². The summed E-state index contributed by atoms with van der Waals surface area (Å²) in [5.41, 5.74) is 2.26. The van der Waals surface area contributed by atoms with Gasteiger partial charge in [0.25, 0.3) is 11.8 Å². The van der Waals surface area contributed by atoms with Crippen LogP contribution in [-0.2, 0) is 16.2 Å². The summed E-state index contributed by atoms with van der Waals surface area (Å²) in [6.07, 6.45) is 1.42. The number of carbonyl (C=O) groups excluding carboxylic acids is 3. The van der Waals surface area contributed by atoms with Gasteiger partial charge in [-0.1, -0.05) is 47.5 Å². The van der Waals surface area contributed by atoms with E-state index >= 15 is 0 Å². The predicted octanol–water partition coefficient (Wildman–Crippen LogP) is 6.31. The zero-order chi connectivity index (χ0) is 24.4. The number of urea groups is 1. The molecule has 34 heavy (non-hydrogen) atoms. The second kappa shape index (κ2) is 10.0. The van der Waals surface area contributed by atoms with Crippen LogP contribution in [0.4, 0.5) is 10.5 Å². The Morgan fingerprint density at radius 2 is 1.76 bits per heavy atom. The number of carbonyl (C=O) groups is 3. The topological polar surface area (TPSA) is 75.7 Å². The molecule has 3 aromatic rings. The highest BCUT2D eigenvalue weighted by Crippen LogP contribution is 2.30. The van der Waals surface area contributed by atoms with E-state index < -0.39 is 17.8 Å². The summed E-state index contributed by atoms with van der Waals surface area (Å²) in [6.45, 7) is 2.06. The van der Waals surface area contributed by atoms with Gasteiger partial charge in [-0.2, -0.15) is 0 Å². The molecule has 1 saturated heterocycles. The first-order chi connectivity index (χ1) is 16.2. The van der Waals surface area contributed by atoms with E-state index in [-0.39, 0.29) is 5.57 Å². The molecule has 0 bridgehead atoms. The molecule has 1 aliphatic rings. The summed E-state index contributed by atoms with van der Waals surface area (Å²) in [4.78, 5) is 39.0. The third-order valence-corrected chi connectivity index (χ3v) is 6.15. The van der Waals surface area contributed by atoms with Crippen LogP contribution < -0.4 is 15.0 Å². The molecule has 0 aromatic heterocycles. The normalized spacial score (nSPS) is 15.0. The predicted molar refractivity (Wildman–Crippen MR) is 135 cm³/mol. The number of benzene rings is 3. The quantitative estimate of drug-likeness (QED) is 0.293. The molecule has 1 N–H and O–H groups in total. The van der Waals surface area contributed by atoms with E-state index in [1.807, 2.05) is 18.2 Å². The molecule has 6 nitrogen and oxygen atoms in total. The van der Waals surface area contributed by atoms with Crippen molar-refractivity contribution in [2.75, 3.05) is 4.90 Å². The van der Waals surface area contributed by atoms with Crippen molar-refractivity contribution in [2.45, 2.75) is 13.5 Å². The SMILES string of the molecule is Cc1ccc(Cl)cc1N1C(=O)NC(=O)/C(=C\c2ccc(OCc3cccc(Cl)c3)c(Br)c2)C1=O. The molecule has 0 atom stereocenters. The molecule has 9 heteroatoms. The monoisotopic (exact) mass is 558 g/mol. The van der Waals surface area contributed by atoms with Gasteiger partial charge in [-0.3, -0.25) is 14.9 Å². The van der Waals surface area contributed by atoms with Crippen molar-refractivity contribution in [3.05, 3.63) is 97.4 Å². The van der Waals surface area contributed by atoms with Crippen molar-refractivity contribution in [1.82, 2.24) is 5.32 Å². The lowest BCUT2D eigenvalue weighted by molar-refractivity contribution is -0.122. The van der Waals surface area contributed by atoms with Crippen LogP contribution in [0.15, 0.2) is 70.7 Å². The van der Waals surface area contributed by atoms with Gasteiger partial charge in [0, 0.05) is 10.0 Å². The van der Waals surface area contributed by atoms with Gasteiger partial charge < -0.3 is 4.74 Å². The summed E-state index contributed by atoms with van der Waals surface area (Å²) in [5, 5.41) is 3.20. The van der Waals surface area contributed by atoms with Crippen molar-refractivity contribution in [2.24, 2.45) is 0 Å². The first-order valence-corrected chi connectivity index (χ1v) is 11.6. The average Bonchev–Trinajstić information content (AvgIpc) is 2.78. The molecular formula is C25H17BrCl2N2O4. The second-order valence-corrected chi connectivity index (χ2v) is 9.22. The summed E-state index contributed by atoms with van der Waals surface area (Å²) < 4.78 is 6.47. The Bertz CT molecular complexity index is 1360. The first-order valence-electron chi connectivity index (χ1n) is 10.1. The minimum atomic E-state index is -0.830. The van der Waals surface area contributed by atoms with Gasteiger partial charge in [0.05, 0.1) is 10.2 Å². The van der Waals surface area contributed by atoms with E-state index in [0.29, 0.717) is 43.7 Å². The van der Waals surface area contributed by atoms with Gasteiger partial charge in [-0.15, -0.1) is 0 Å². The van der Waals surface area contributed by atoms with Crippen LogP contribution in [-0.4, -0.2) is 17.8 Å². The largest absolute Gasteiger partial charge is 0.488 e. The molecule has 0 unspecified atom stereocenters. The number of aryl methyl sites for hydroxylation is 1. The zero-order valence-corrected chi connectivity index (χ0v) is 20.9. The lowest BCUT2D eigenvalue weighted by Gasteiger charge is -2.27. The van der Waals surface area contributed by atoms with Crippen molar-refractivity contribution in [3.63, 3.8) is 0 Å². The third kappa shape index (κ3) is 5.17. The van der Waals surface area contributed by atoms with Crippen LogP contribution in [0.3, 0.4) is 0 Å².